The second-order valence-electron chi connectivity index (χ2n) is 5.03. The van der Waals surface area contributed by atoms with Gasteiger partial charge in [0.05, 0.1) is 3.79 Å². The molecule has 1 fully saturated rings. The molecule has 2 rings (SSSR count). The fraction of sp³-hybridized carbons (Fsp3) is 0.692. The van der Waals surface area contributed by atoms with Crippen molar-refractivity contribution in [2.75, 3.05) is 13.7 Å². The average Bonchev–Trinajstić information content (AvgIpc) is 2.75. The van der Waals surface area contributed by atoms with E-state index in [-0.39, 0.29) is 0 Å². The van der Waals surface area contributed by atoms with Crippen molar-refractivity contribution in [3.05, 3.63) is 20.8 Å². The lowest BCUT2D eigenvalue weighted by atomic mass is 9.86. The van der Waals surface area contributed by atoms with Crippen LogP contribution in [-0.2, 0) is 6.54 Å². The Balaban J connectivity index is 1.82. The Morgan fingerprint density at radius 1 is 1.41 bits per heavy atom. The van der Waals surface area contributed by atoms with Crippen molar-refractivity contribution in [2.45, 2.75) is 38.3 Å². The minimum absolute atomic E-state index is 0.369. The van der Waals surface area contributed by atoms with Crippen molar-refractivity contribution in [3.8, 4) is 0 Å². The van der Waals surface area contributed by atoms with Gasteiger partial charge in [-0.1, -0.05) is 0 Å². The van der Waals surface area contributed by atoms with Gasteiger partial charge in [-0.2, -0.15) is 0 Å². The SMILES string of the molecule is CN(Cc1csc(Br)c1)C1CCC(CO)CC1. The molecule has 96 valence electrons. The molecule has 0 unspecified atom stereocenters. The molecule has 0 aliphatic heterocycles. The molecule has 0 atom stereocenters. The molecule has 2 nitrogen and oxygen atoms in total. The predicted molar refractivity (Wildman–Crippen MR) is 76.3 cm³/mol. The Kier molecular flexibility index (Phi) is 5.03. The molecule has 0 radical (unpaired) electrons. The summed E-state index contributed by atoms with van der Waals surface area (Å²) in [4.78, 5) is 2.46. The molecule has 17 heavy (non-hydrogen) atoms. The second-order valence-corrected chi connectivity index (χ2v) is 7.32. The molecule has 1 aromatic heterocycles. The van der Waals surface area contributed by atoms with Gasteiger partial charge in [-0.3, -0.25) is 4.90 Å². The maximum atomic E-state index is 9.14. The van der Waals surface area contributed by atoms with Crippen molar-refractivity contribution in [1.82, 2.24) is 4.90 Å². The van der Waals surface area contributed by atoms with Crippen LogP contribution in [0.1, 0.15) is 31.2 Å². The fourth-order valence-corrected chi connectivity index (χ4v) is 3.81. The summed E-state index contributed by atoms with van der Waals surface area (Å²) in [5.74, 6) is 0.551. The van der Waals surface area contributed by atoms with E-state index in [2.05, 4.69) is 39.3 Å². The maximum absolute atomic E-state index is 9.14. The highest BCUT2D eigenvalue weighted by Gasteiger charge is 2.23. The van der Waals surface area contributed by atoms with E-state index in [1.54, 1.807) is 11.3 Å². The van der Waals surface area contributed by atoms with Crippen molar-refractivity contribution in [2.24, 2.45) is 5.92 Å². The highest BCUT2D eigenvalue weighted by Crippen LogP contribution is 2.28. The van der Waals surface area contributed by atoms with Crippen LogP contribution in [0.4, 0.5) is 0 Å². The smallest absolute Gasteiger partial charge is 0.0701 e. The van der Waals surface area contributed by atoms with E-state index < -0.39 is 0 Å². The van der Waals surface area contributed by atoms with E-state index in [9.17, 15) is 0 Å². The second kappa shape index (κ2) is 6.32. The first kappa shape index (κ1) is 13.5. The van der Waals surface area contributed by atoms with Crippen LogP contribution >= 0.6 is 27.3 Å². The molecule has 0 spiro atoms. The molecule has 1 aliphatic carbocycles. The monoisotopic (exact) mass is 317 g/mol. The third kappa shape index (κ3) is 3.78. The largest absolute Gasteiger partial charge is 0.396 e. The van der Waals surface area contributed by atoms with E-state index >= 15 is 0 Å². The average molecular weight is 318 g/mol. The van der Waals surface area contributed by atoms with E-state index in [1.807, 2.05) is 0 Å². The van der Waals surface area contributed by atoms with Gasteiger partial charge < -0.3 is 5.11 Å². The Morgan fingerprint density at radius 2 is 2.12 bits per heavy atom. The van der Waals surface area contributed by atoms with Crippen LogP contribution in [0, 0.1) is 5.92 Å². The van der Waals surface area contributed by atoms with E-state index in [4.69, 9.17) is 5.11 Å². The molecule has 4 heteroatoms. The zero-order valence-corrected chi connectivity index (χ0v) is 12.6. The lowest BCUT2D eigenvalue weighted by Gasteiger charge is -2.34. The highest BCUT2D eigenvalue weighted by molar-refractivity contribution is 9.11. The van der Waals surface area contributed by atoms with Crippen LogP contribution in [0.3, 0.4) is 0 Å². The van der Waals surface area contributed by atoms with Gasteiger partial charge in [0.25, 0.3) is 0 Å². The van der Waals surface area contributed by atoms with Crippen LogP contribution in [0.15, 0.2) is 15.2 Å². The number of nitrogens with zero attached hydrogens (tertiary/aromatic N) is 1. The van der Waals surface area contributed by atoms with E-state index in [1.165, 1.54) is 35.0 Å². The molecule has 0 bridgehead atoms. The van der Waals surface area contributed by atoms with Gasteiger partial charge in [0.2, 0.25) is 0 Å². The quantitative estimate of drug-likeness (QED) is 0.918. The number of halogens is 1. The van der Waals surface area contributed by atoms with Gasteiger partial charge in [0.15, 0.2) is 0 Å². The summed E-state index contributed by atoms with van der Waals surface area (Å²) in [6, 6.07) is 2.90. The van der Waals surface area contributed by atoms with E-state index in [0.717, 1.165) is 6.54 Å². The maximum Gasteiger partial charge on any atom is 0.0701 e. The van der Waals surface area contributed by atoms with Gasteiger partial charge in [0, 0.05) is 19.2 Å². The number of hydrogen-bond donors (Lipinski definition) is 1. The summed E-state index contributed by atoms with van der Waals surface area (Å²) in [5, 5.41) is 11.4. The minimum atomic E-state index is 0.369. The minimum Gasteiger partial charge on any atom is -0.396 e. The van der Waals surface area contributed by atoms with Crippen LogP contribution in [0.5, 0.6) is 0 Å². The topological polar surface area (TPSA) is 23.5 Å². The molecule has 1 aromatic rings. The first-order valence-corrected chi connectivity index (χ1v) is 7.90. The third-order valence-corrected chi connectivity index (χ3v) is 5.30. The lowest BCUT2D eigenvalue weighted by molar-refractivity contribution is 0.124. The van der Waals surface area contributed by atoms with E-state index in [0.29, 0.717) is 18.6 Å². The van der Waals surface area contributed by atoms with Gasteiger partial charge in [-0.05, 0) is 71.6 Å². The van der Waals surface area contributed by atoms with Gasteiger partial charge in [0.1, 0.15) is 0 Å². The van der Waals surface area contributed by atoms with Crippen LogP contribution < -0.4 is 0 Å². The van der Waals surface area contributed by atoms with Gasteiger partial charge >= 0.3 is 0 Å². The standard InChI is InChI=1S/C13H20BrNOS/c1-15(7-11-6-13(14)17-9-11)12-4-2-10(8-16)3-5-12/h6,9-10,12,16H,2-5,7-8H2,1H3. The summed E-state index contributed by atoms with van der Waals surface area (Å²) in [6.45, 7) is 1.41. The summed E-state index contributed by atoms with van der Waals surface area (Å²) >= 11 is 5.26. The number of hydrogen-bond acceptors (Lipinski definition) is 3. The number of rotatable bonds is 4. The Bertz CT molecular complexity index is 347. The summed E-state index contributed by atoms with van der Waals surface area (Å²) in [6.07, 6.45) is 4.82. The molecule has 1 saturated carbocycles. The van der Waals surface area contributed by atoms with Crippen LogP contribution in [-0.4, -0.2) is 29.7 Å². The third-order valence-electron chi connectivity index (χ3n) is 3.75. The number of thiophene rings is 1. The van der Waals surface area contributed by atoms with Gasteiger partial charge in [-0.25, -0.2) is 0 Å². The summed E-state index contributed by atoms with van der Waals surface area (Å²) < 4.78 is 1.21. The molecule has 1 aliphatic rings. The Hall–Kier alpha value is 0.1000. The summed E-state index contributed by atoms with van der Waals surface area (Å²) in [7, 11) is 2.22. The molecule has 0 saturated heterocycles. The normalized spacial score (nSPS) is 25.4. The zero-order valence-electron chi connectivity index (χ0n) is 10.2. The lowest BCUT2D eigenvalue weighted by Crippen LogP contribution is -2.35. The van der Waals surface area contributed by atoms with Crippen molar-refractivity contribution in [3.63, 3.8) is 0 Å². The molecule has 1 N–H and O–H groups in total. The van der Waals surface area contributed by atoms with Crippen molar-refractivity contribution in [1.29, 1.82) is 0 Å². The van der Waals surface area contributed by atoms with Crippen molar-refractivity contribution >= 4 is 27.3 Å². The highest BCUT2D eigenvalue weighted by atomic mass is 79.9. The predicted octanol–water partition coefficient (Wildman–Crippen LogP) is 3.49. The van der Waals surface area contributed by atoms with Gasteiger partial charge in [-0.15, -0.1) is 11.3 Å². The molecule has 0 amide bonds. The van der Waals surface area contributed by atoms with Crippen LogP contribution in [0.2, 0.25) is 0 Å². The first-order valence-electron chi connectivity index (χ1n) is 6.23. The fourth-order valence-electron chi connectivity index (χ4n) is 2.61. The van der Waals surface area contributed by atoms with Crippen LogP contribution in [0.25, 0.3) is 0 Å². The molecule has 1 heterocycles. The first-order chi connectivity index (χ1) is 8.19. The molecule has 0 aromatic carbocycles. The van der Waals surface area contributed by atoms with Crippen molar-refractivity contribution < 1.29 is 5.11 Å². The number of aliphatic hydroxyl groups excluding tert-OH is 1. The number of aliphatic hydroxyl groups is 1. The molecular formula is C13H20BrNOS. The molecular weight excluding hydrogens is 298 g/mol. The Morgan fingerprint density at radius 3 is 2.65 bits per heavy atom. The Labute approximate surface area is 116 Å². The summed E-state index contributed by atoms with van der Waals surface area (Å²) in [5.41, 5.74) is 1.40. The zero-order chi connectivity index (χ0) is 12.3.